The van der Waals surface area contributed by atoms with Gasteiger partial charge >= 0.3 is 0 Å². The van der Waals surface area contributed by atoms with Gasteiger partial charge in [-0.15, -0.1) is 0 Å². The first-order valence-corrected chi connectivity index (χ1v) is 29.0. The van der Waals surface area contributed by atoms with Crippen LogP contribution in [0.1, 0.15) is 118 Å². The predicted octanol–water partition coefficient (Wildman–Crippen LogP) is -5.63. The smallest absolute Gasteiger partial charge is 0.245 e. The Kier molecular flexibility index (Phi) is 33.9. The number of hydrogen-bond acceptors (Lipinski definition) is 18. The number of carbonyl (C=O) groups is 11. The standard InChI is InChI=1S/C55H96N16O13/c1-7-31(4)13-11-12-16-43(74)62-35(17-22-56)49(78)71-45(33(6)73)55(84)69-42(29-60)53(82)66-39-21-26-61-54(83)44(32(5)72)70-50(79)38(20-25-59)64-46(75)36(18-23-57)65-51(80)40(27-30(2)3)67-52(81)41(28-34-14-9-8-10-15-34)68-47(76)37(19-24-58)63-48(39)77/h8-10,14-15,30-33,35-42,44-45,72-73H,7,11-13,16-29,56-60H2,1-6H3,(H,61,83)(H,62,74)(H,63,77)(H,64,75)(H,65,80)(H,66,82)(H,67,81)(H,68,76)(H,69,84)(H,70,79)(H,71,78)/t31-,32+,33+,35-,36-,37-,38-,39-,40-,41+,42-,44-,45-/m0/s1. The molecule has 1 aromatic carbocycles. The van der Waals surface area contributed by atoms with Crippen molar-refractivity contribution in [2.24, 2.45) is 40.5 Å². The Morgan fingerprint density at radius 1 is 0.583 bits per heavy atom. The summed E-state index contributed by atoms with van der Waals surface area (Å²) in [5.74, 6) is -9.60. The van der Waals surface area contributed by atoms with E-state index in [-0.39, 0.29) is 77.0 Å². The lowest BCUT2D eigenvalue weighted by atomic mass is 10.00. The quantitative estimate of drug-likeness (QED) is 0.0348. The molecule has 13 atom stereocenters. The summed E-state index contributed by atoms with van der Waals surface area (Å²) >= 11 is 0. The zero-order chi connectivity index (χ0) is 63.1. The Bertz CT molecular complexity index is 2300. The van der Waals surface area contributed by atoms with Crippen LogP contribution in [-0.2, 0) is 59.2 Å². The third kappa shape index (κ3) is 25.9. The Morgan fingerprint density at radius 2 is 1.11 bits per heavy atom. The van der Waals surface area contributed by atoms with Gasteiger partial charge in [0.25, 0.3) is 0 Å². The van der Waals surface area contributed by atoms with E-state index in [0.29, 0.717) is 17.9 Å². The van der Waals surface area contributed by atoms with Crippen molar-refractivity contribution in [3.05, 3.63) is 35.9 Å². The molecule has 1 aliphatic rings. The fourth-order valence-corrected chi connectivity index (χ4v) is 8.92. The number of nitrogens with one attached hydrogen (secondary N) is 11. The van der Waals surface area contributed by atoms with Crippen molar-refractivity contribution in [3.63, 3.8) is 0 Å². The molecule has 11 amide bonds. The number of aliphatic hydroxyl groups is 2. The van der Waals surface area contributed by atoms with E-state index in [1.807, 2.05) is 0 Å². The van der Waals surface area contributed by atoms with Crippen molar-refractivity contribution in [3.8, 4) is 0 Å². The average molecular weight is 1190 g/mol. The Hall–Kier alpha value is -6.89. The summed E-state index contributed by atoms with van der Waals surface area (Å²) in [5, 5.41) is 49.3. The van der Waals surface area contributed by atoms with Gasteiger partial charge in [0, 0.05) is 25.9 Å². The highest BCUT2D eigenvalue weighted by molar-refractivity contribution is 5.99. The van der Waals surface area contributed by atoms with Crippen molar-refractivity contribution in [2.75, 3.05) is 39.3 Å². The van der Waals surface area contributed by atoms with Gasteiger partial charge in [0.2, 0.25) is 65.0 Å². The third-order valence-electron chi connectivity index (χ3n) is 14.0. The first kappa shape index (κ1) is 73.2. The number of benzene rings is 1. The minimum absolute atomic E-state index is 0.0216. The molecule has 0 aliphatic carbocycles. The molecule has 474 valence electrons. The molecule has 0 radical (unpaired) electrons. The summed E-state index contributed by atoms with van der Waals surface area (Å²) in [7, 11) is 0. The monoisotopic (exact) mass is 1190 g/mol. The Morgan fingerprint density at radius 3 is 1.62 bits per heavy atom. The average Bonchev–Trinajstić information content (AvgIpc) is 3.66. The molecule has 0 saturated carbocycles. The van der Waals surface area contributed by atoms with Gasteiger partial charge < -0.3 is 97.4 Å². The molecule has 1 fully saturated rings. The lowest BCUT2D eigenvalue weighted by Gasteiger charge is -2.28. The van der Waals surface area contributed by atoms with Crippen molar-refractivity contribution in [1.82, 2.24) is 58.5 Å². The first-order valence-electron chi connectivity index (χ1n) is 29.0. The van der Waals surface area contributed by atoms with Crippen LogP contribution in [0.3, 0.4) is 0 Å². The van der Waals surface area contributed by atoms with Gasteiger partial charge in [-0.3, -0.25) is 52.7 Å². The van der Waals surface area contributed by atoms with Crippen LogP contribution in [0.4, 0.5) is 0 Å². The molecule has 1 aliphatic heterocycles. The van der Waals surface area contributed by atoms with Gasteiger partial charge in [-0.25, -0.2) is 0 Å². The molecule has 1 heterocycles. The summed E-state index contributed by atoms with van der Waals surface area (Å²) in [5.41, 5.74) is 30.0. The van der Waals surface area contributed by atoms with E-state index in [1.165, 1.54) is 13.8 Å². The minimum Gasteiger partial charge on any atom is -0.391 e. The molecule has 0 spiro atoms. The van der Waals surface area contributed by atoms with Crippen molar-refractivity contribution in [1.29, 1.82) is 0 Å². The van der Waals surface area contributed by atoms with E-state index in [2.05, 4.69) is 72.3 Å². The molecule has 2 rings (SSSR count). The fraction of sp³-hybridized carbons (Fsp3) is 0.691. The second kappa shape index (κ2) is 38.9. The van der Waals surface area contributed by atoms with E-state index in [4.69, 9.17) is 28.7 Å². The number of unbranched alkanes of at least 4 members (excludes halogenated alkanes) is 1. The highest BCUT2D eigenvalue weighted by atomic mass is 16.3. The number of nitrogens with two attached hydrogens (primary N) is 5. The van der Waals surface area contributed by atoms with Crippen LogP contribution in [0.5, 0.6) is 0 Å². The molecular weight excluding hydrogens is 1090 g/mol. The van der Waals surface area contributed by atoms with Gasteiger partial charge in [0.05, 0.1) is 12.2 Å². The lowest BCUT2D eigenvalue weighted by molar-refractivity contribution is -0.136. The largest absolute Gasteiger partial charge is 0.391 e. The third-order valence-corrected chi connectivity index (χ3v) is 14.0. The lowest BCUT2D eigenvalue weighted by Crippen LogP contribution is -2.63. The normalized spacial score (nSPS) is 23.0. The van der Waals surface area contributed by atoms with E-state index >= 15 is 0 Å². The van der Waals surface area contributed by atoms with Crippen molar-refractivity contribution in [2.45, 2.75) is 191 Å². The summed E-state index contributed by atoms with van der Waals surface area (Å²) < 4.78 is 0. The van der Waals surface area contributed by atoms with Crippen molar-refractivity contribution < 1.29 is 63.0 Å². The number of rotatable bonds is 28. The number of aliphatic hydroxyl groups excluding tert-OH is 2. The molecule has 29 heteroatoms. The first-order chi connectivity index (χ1) is 39.8. The summed E-state index contributed by atoms with van der Waals surface area (Å²) in [6.45, 7) is 8.57. The van der Waals surface area contributed by atoms with E-state index in [1.54, 1.807) is 44.2 Å². The van der Waals surface area contributed by atoms with Crippen LogP contribution in [0, 0.1) is 11.8 Å². The highest BCUT2D eigenvalue weighted by Crippen LogP contribution is 2.14. The van der Waals surface area contributed by atoms with Crippen LogP contribution in [0.25, 0.3) is 0 Å². The molecule has 1 aromatic rings. The van der Waals surface area contributed by atoms with Crippen LogP contribution in [0.15, 0.2) is 30.3 Å². The minimum atomic E-state index is -1.72. The highest BCUT2D eigenvalue weighted by Gasteiger charge is 2.37. The Labute approximate surface area is 491 Å². The van der Waals surface area contributed by atoms with Crippen LogP contribution < -0.4 is 87.2 Å². The van der Waals surface area contributed by atoms with Gasteiger partial charge in [0.15, 0.2) is 0 Å². The van der Waals surface area contributed by atoms with Crippen LogP contribution in [-0.4, -0.2) is 187 Å². The molecule has 84 heavy (non-hydrogen) atoms. The zero-order valence-corrected chi connectivity index (χ0v) is 49.5. The van der Waals surface area contributed by atoms with Gasteiger partial charge in [-0.2, -0.15) is 0 Å². The van der Waals surface area contributed by atoms with E-state index in [9.17, 15) is 63.0 Å². The van der Waals surface area contributed by atoms with E-state index in [0.717, 1.165) is 19.3 Å². The number of carbonyl (C=O) groups excluding carboxylic acids is 11. The van der Waals surface area contributed by atoms with Crippen LogP contribution >= 0.6 is 0 Å². The predicted molar refractivity (Wildman–Crippen MR) is 312 cm³/mol. The van der Waals surface area contributed by atoms with Gasteiger partial charge in [-0.1, -0.05) is 77.3 Å². The summed E-state index contributed by atoms with van der Waals surface area (Å²) in [6.07, 6.45) is -0.823. The molecular formula is C55H96N16O13. The molecule has 0 bridgehead atoms. The maximum absolute atomic E-state index is 14.5. The zero-order valence-electron chi connectivity index (χ0n) is 49.5. The second-order valence-electron chi connectivity index (χ2n) is 21.7. The summed E-state index contributed by atoms with van der Waals surface area (Å²) in [6, 6.07) is -6.40. The molecule has 1 saturated heterocycles. The SMILES string of the molecule is CC[C@H](C)CCCCC(=O)N[C@@H](CCN)C(=O)N[C@H](C(=O)N[C@@H](CN)C(=O)N[C@H]1CCNC(=O)[C@H]([C@@H](C)O)NC(=O)[C@H](CCN)NC(=O)[C@H](CCN)NC(=O)[C@H](CC(C)C)NC(=O)[C@@H](Cc2ccccc2)NC(=O)[C@H](CCN)NC1=O)[C@@H](C)O. The fourth-order valence-electron chi connectivity index (χ4n) is 8.92. The summed E-state index contributed by atoms with van der Waals surface area (Å²) in [4.78, 5) is 153. The number of hydrogen-bond donors (Lipinski definition) is 18. The van der Waals surface area contributed by atoms with Crippen molar-refractivity contribution >= 4 is 65.0 Å². The number of amides is 11. The molecule has 0 aromatic heterocycles. The Balaban J connectivity index is 2.64. The maximum Gasteiger partial charge on any atom is 0.245 e. The van der Waals surface area contributed by atoms with Gasteiger partial charge in [-0.05, 0) is 102 Å². The second-order valence-corrected chi connectivity index (χ2v) is 21.7. The van der Waals surface area contributed by atoms with Crippen LogP contribution in [0.2, 0.25) is 0 Å². The topological polar surface area (TPSA) is 491 Å². The van der Waals surface area contributed by atoms with E-state index < -0.39 is 157 Å². The molecule has 29 nitrogen and oxygen atoms in total. The maximum atomic E-state index is 14.5. The van der Waals surface area contributed by atoms with Gasteiger partial charge in [0.1, 0.15) is 60.4 Å². The molecule has 23 N–H and O–H groups in total. The molecule has 0 unspecified atom stereocenters.